The smallest absolute Gasteiger partial charge is 0.243 e. The fourth-order valence-corrected chi connectivity index (χ4v) is 14.3. The molecule has 1 aromatic heterocycles. The summed E-state index contributed by atoms with van der Waals surface area (Å²) in [6.45, 7) is 16.0. The topological polar surface area (TPSA) is 3.24 Å². The van der Waals surface area contributed by atoms with Crippen LogP contribution in [0.25, 0.3) is 10.1 Å². The van der Waals surface area contributed by atoms with Gasteiger partial charge in [-0.25, -0.2) is 0 Å². The van der Waals surface area contributed by atoms with Gasteiger partial charge in [-0.3, -0.25) is 0 Å². The van der Waals surface area contributed by atoms with Crippen molar-refractivity contribution in [3.63, 3.8) is 0 Å². The fourth-order valence-electron chi connectivity index (χ4n) is 12.9. The number of fused-ring (bicyclic) bond motifs is 13. The third-order valence-corrected chi connectivity index (χ3v) is 16.3. The molecule has 228 valence electrons. The number of hydrogen-bond donors (Lipinski definition) is 0. The van der Waals surface area contributed by atoms with E-state index in [1.165, 1.54) is 35.8 Å². The van der Waals surface area contributed by atoms with Gasteiger partial charge in [0.25, 0.3) is 0 Å². The molecule has 7 aliphatic rings. The van der Waals surface area contributed by atoms with Crippen LogP contribution in [0.1, 0.15) is 94.7 Å². The van der Waals surface area contributed by atoms with Crippen LogP contribution in [0.15, 0.2) is 101 Å². The Morgan fingerprint density at radius 2 is 1.61 bits per heavy atom. The highest BCUT2D eigenvalue weighted by Gasteiger charge is 2.69. The standard InChI is InChI=1S/C43H42BNS/c1-24-20-23-40(3)37-32(24)25(2)35-38-43(37,6)34(33-27-15-8-10-19-31(27)46-39(33)40)26-14-7-9-17-29(26)44(38)30-18-13-16-28-36(30)45(35)42(5)22-12-11-21-41(28,42)4/h7-10,13-20,23-25,34H,11-12,21-22H2,1-6H3. The fraction of sp³-hybridized carbons (Fsp3) is 0.395. The van der Waals surface area contributed by atoms with Gasteiger partial charge < -0.3 is 4.90 Å². The van der Waals surface area contributed by atoms with E-state index in [0.29, 0.717) is 24.5 Å². The lowest BCUT2D eigenvalue weighted by atomic mass is 9.23. The summed E-state index contributed by atoms with van der Waals surface area (Å²) in [5, 5.41) is 1.48. The number of allylic oxidation sites excluding steroid dienone is 5. The van der Waals surface area contributed by atoms with Crippen molar-refractivity contribution >= 4 is 44.7 Å². The quantitative estimate of drug-likeness (QED) is 0.141. The van der Waals surface area contributed by atoms with Gasteiger partial charge in [0, 0.05) is 49.0 Å². The number of thiophene rings is 1. The molecule has 0 radical (unpaired) electrons. The Morgan fingerprint density at radius 1 is 0.848 bits per heavy atom. The van der Waals surface area contributed by atoms with Crippen molar-refractivity contribution in [3.8, 4) is 0 Å². The molecular weight excluding hydrogens is 573 g/mol. The van der Waals surface area contributed by atoms with Crippen molar-refractivity contribution in [2.45, 2.75) is 89.5 Å². The largest absolute Gasteiger partial charge is 0.339 e. The Labute approximate surface area is 278 Å². The summed E-state index contributed by atoms with van der Waals surface area (Å²) in [4.78, 5) is 4.60. The molecule has 1 fully saturated rings. The van der Waals surface area contributed by atoms with Crippen LogP contribution in [0, 0.1) is 17.3 Å². The first-order chi connectivity index (χ1) is 22.2. The zero-order valence-corrected chi connectivity index (χ0v) is 28.8. The molecule has 3 heteroatoms. The molecule has 7 atom stereocenters. The van der Waals surface area contributed by atoms with E-state index in [0.717, 1.165) is 0 Å². The Balaban J connectivity index is 1.36. The molecule has 4 aromatic rings. The molecule has 7 unspecified atom stereocenters. The van der Waals surface area contributed by atoms with Gasteiger partial charge in [0.1, 0.15) is 0 Å². The summed E-state index contributed by atoms with van der Waals surface area (Å²) >= 11 is 2.07. The molecule has 3 aliphatic heterocycles. The lowest BCUT2D eigenvalue weighted by molar-refractivity contribution is 0.186. The number of hydrogen-bond acceptors (Lipinski definition) is 2. The zero-order valence-electron chi connectivity index (χ0n) is 28.0. The highest BCUT2D eigenvalue weighted by Crippen LogP contribution is 2.73. The summed E-state index contributed by atoms with van der Waals surface area (Å²) in [5.41, 5.74) is 16.4. The van der Waals surface area contributed by atoms with E-state index < -0.39 is 0 Å². The van der Waals surface area contributed by atoms with Crippen LogP contribution >= 0.6 is 11.3 Å². The minimum absolute atomic E-state index is 0.0814. The molecule has 4 heterocycles. The van der Waals surface area contributed by atoms with Crippen molar-refractivity contribution < 1.29 is 0 Å². The van der Waals surface area contributed by atoms with Gasteiger partial charge >= 0.3 is 0 Å². The SMILES string of the molecule is CC1C=CC2(C)C3=C1C(C)C1=C4B(c5ccccc5C(c5c2sc2ccccc52)C43C)c2cccc3c2N1C1(C)CCCCC31C. The second kappa shape index (κ2) is 8.04. The van der Waals surface area contributed by atoms with E-state index in [1.807, 2.05) is 0 Å². The Hall–Kier alpha value is -3.30. The number of para-hydroxylation sites is 1. The van der Waals surface area contributed by atoms with Crippen molar-refractivity contribution in [2.24, 2.45) is 17.3 Å². The summed E-state index contributed by atoms with van der Waals surface area (Å²) in [6.07, 6.45) is 10.4. The van der Waals surface area contributed by atoms with E-state index in [2.05, 4.69) is 137 Å². The molecular formula is C43H42BNS. The molecule has 3 aromatic carbocycles. The maximum Gasteiger partial charge on any atom is 0.243 e. The first-order valence-electron chi connectivity index (χ1n) is 17.9. The Morgan fingerprint density at radius 3 is 2.48 bits per heavy atom. The van der Waals surface area contributed by atoms with Crippen LogP contribution in [0.4, 0.5) is 5.69 Å². The van der Waals surface area contributed by atoms with Crippen molar-refractivity contribution in [1.29, 1.82) is 0 Å². The average molecular weight is 616 g/mol. The van der Waals surface area contributed by atoms with Gasteiger partial charge in [-0.15, -0.1) is 11.3 Å². The van der Waals surface area contributed by atoms with E-state index in [9.17, 15) is 0 Å². The predicted octanol–water partition coefficient (Wildman–Crippen LogP) is 9.30. The molecule has 0 bridgehead atoms. The van der Waals surface area contributed by atoms with Gasteiger partial charge in [0.2, 0.25) is 6.71 Å². The van der Waals surface area contributed by atoms with Gasteiger partial charge in [-0.05, 0) is 71.8 Å². The number of anilines is 1. The minimum atomic E-state index is -0.113. The van der Waals surface area contributed by atoms with E-state index in [-0.39, 0.29) is 21.8 Å². The molecule has 46 heavy (non-hydrogen) atoms. The average Bonchev–Trinajstić information content (AvgIpc) is 3.54. The summed E-state index contributed by atoms with van der Waals surface area (Å²) < 4.78 is 1.44. The lowest BCUT2D eigenvalue weighted by Gasteiger charge is -2.64. The Kier molecular flexibility index (Phi) is 4.67. The lowest BCUT2D eigenvalue weighted by Crippen LogP contribution is -2.67. The van der Waals surface area contributed by atoms with Crippen LogP contribution in [-0.2, 0) is 10.8 Å². The zero-order chi connectivity index (χ0) is 31.1. The first-order valence-corrected chi connectivity index (χ1v) is 18.7. The van der Waals surface area contributed by atoms with Crippen molar-refractivity contribution in [3.05, 3.63) is 123 Å². The first kappa shape index (κ1) is 26.7. The number of rotatable bonds is 0. The molecule has 0 spiro atoms. The van der Waals surface area contributed by atoms with E-state index >= 15 is 0 Å². The summed E-state index contributed by atoms with van der Waals surface area (Å²) in [6, 6.07) is 26.4. The highest BCUT2D eigenvalue weighted by atomic mass is 32.1. The van der Waals surface area contributed by atoms with Crippen LogP contribution < -0.4 is 15.8 Å². The molecule has 0 N–H and O–H groups in total. The summed E-state index contributed by atoms with van der Waals surface area (Å²) in [5.74, 6) is 1.11. The van der Waals surface area contributed by atoms with Crippen LogP contribution in [0.5, 0.6) is 0 Å². The maximum absolute atomic E-state index is 3.01. The Bertz CT molecular complexity index is 2200. The molecule has 1 saturated carbocycles. The third kappa shape index (κ3) is 2.55. The molecule has 4 aliphatic carbocycles. The number of nitrogens with zero attached hydrogens (tertiary/aromatic N) is 1. The molecule has 1 nitrogen and oxygen atoms in total. The monoisotopic (exact) mass is 615 g/mol. The highest BCUT2D eigenvalue weighted by molar-refractivity contribution is 7.19. The normalized spacial score (nSPS) is 37.2. The third-order valence-electron chi connectivity index (χ3n) is 14.8. The second-order valence-electron chi connectivity index (χ2n) is 16.6. The van der Waals surface area contributed by atoms with Gasteiger partial charge in [0.15, 0.2) is 0 Å². The van der Waals surface area contributed by atoms with Crippen LogP contribution in [0.2, 0.25) is 0 Å². The minimum Gasteiger partial charge on any atom is -0.339 e. The molecule has 11 rings (SSSR count). The number of benzene rings is 3. The summed E-state index contributed by atoms with van der Waals surface area (Å²) in [7, 11) is 0. The van der Waals surface area contributed by atoms with Gasteiger partial charge in [0.05, 0.1) is 5.54 Å². The van der Waals surface area contributed by atoms with Gasteiger partial charge in [-0.2, -0.15) is 0 Å². The molecule has 0 saturated heterocycles. The predicted molar refractivity (Wildman–Crippen MR) is 195 cm³/mol. The van der Waals surface area contributed by atoms with E-state index in [4.69, 9.17) is 0 Å². The molecule has 0 amide bonds. The van der Waals surface area contributed by atoms with Crippen LogP contribution in [-0.4, -0.2) is 12.3 Å². The van der Waals surface area contributed by atoms with E-state index in [1.54, 1.807) is 60.5 Å². The van der Waals surface area contributed by atoms with Crippen LogP contribution in [0.3, 0.4) is 0 Å². The van der Waals surface area contributed by atoms with Crippen molar-refractivity contribution in [1.82, 2.24) is 0 Å². The second-order valence-corrected chi connectivity index (χ2v) is 17.7. The van der Waals surface area contributed by atoms with Crippen molar-refractivity contribution in [2.75, 3.05) is 4.90 Å². The van der Waals surface area contributed by atoms with Gasteiger partial charge in [-0.1, -0.05) is 130 Å². The maximum atomic E-state index is 3.01.